The van der Waals surface area contributed by atoms with Crippen molar-refractivity contribution in [1.29, 1.82) is 0 Å². The summed E-state index contributed by atoms with van der Waals surface area (Å²) >= 11 is 0. The molecule has 0 aliphatic rings. The van der Waals surface area contributed by atoms with Gasteiger partial charge in [-0.05, 0) is 23.8 Å². The van der Waals surface area contributed by atoms with Gasteiger partial charge in [0.25, 0.3) is 0 Å². The van der Waals surface area contributed by atoms with Crippen molar-refractivity contribution in [2.45, 2.75) is 6.18 Å². The van der Waals surface area contributed by atoms with E-state index in [1.165, 1.54) is 6.07 Å². The fourth-order valence-electron chi connectivity index (χ4n) is 2.28. The van der Waals surface area contributed by atoms with E-state index >= 15 is 0 Å². The van der Waals surface area contributed by atoms with E-state index in [9.17, 15) is 17.6 Å². The van der Waals surface area contributed by atoms with Gasteiger partial charge in [0.15, 0.2) is 0 Å². The molecule has 0 saturated heterocycles. The van der Waals surface area contributed by atoms with Crippen molar-refractivity contribution >= 4 is 10.9 Å². The van der Waals surface area contributed by atoms with Crippen LogP contribution in [-0.2, 0) is 6.18 Å². The lowest BCUT2D eigenvalue weighted by Gasteiger charge is -2.08. The first-order chi connectivity index (χ1) is 9.47. The molecular weight excluding hydrogens is 270 g/mol. The minimum absolute atomic E-state index is 0.0207. The average Bonchev–Trinajstić information content (AvgIpc) is 2.78. The Kier molecular flexibility index (Phi) is 2.78. The molecule has 0 aliphatic heterocycles. The molecule has 0 unspecified atom stereocenters. The summed E-state index contributed by atoms with van der Waals surface area (Å²) in [4.78, 5) is 2.34. The highest BCUT2D eigenvalue weighted by Crippen LogP contribution is 2.41. The summed E-state index contributed by atoms with van der Waals surface area (Å²) in [6.45, 7) is 0. The van der Waals surface area contributed by atoms with Crippen LogP contribution in [0.5, 0.6) is 0 Å². The fourth-order valence-corrected chi connectivity index (χ4v) is 2.28. The van der Waals surface area contributed by atoms with Crippen LogP contribution in [0.1, 0.15) is 5.69 Å². The standard InChI is InChI=1S/C15H9F4N/c16-10-6-7-12-11(8-10)13(9-4-2-1-3-5-9)14(20-12)15(17,18)19/h1-8,20H. The van der Waals surface area contributed by atoms with Gasteiger partial charge in [0.1, 0.15) is 11.5 Å². The molecule has 1 N–H and O–H groups in total. The molecule has 20 heavy (non-hydrogen) atoms. The van der Waals surface area contributed by atoms with Crippen molar-refractivity contribution in [3.05, 3.63) is 60.0 Å². The monoisotopic (exact) mass is 279 g/mol. The quantitative estimate of drug-likeness (QED) is 0.604. The number of benzene rings is 2. The van der Waals surface area contributed by atoms with Crippen LogP contribution in [0, 0.1) is 5.82 Å². The Morgan fingerprint density at radius 1 is 0.900 bits per heavy atom. The maximum absolute atomic E-state index is 13.3. The summed E-state index contributed by atoms with van der Waals surface area (Å²) in [5.74, 6) is -0.567. The number of alkyl halides is 3. The third-order valence-electron chi connectivity index (χ3n) is 3.11. The van der Waals surface area contributed by atoms with Crippen molar-refractivity contribution in [1.82, 2.24) is 4.98 Å². The van der Waals surface area contributed by atoms with Crippen LogP contribution in [0.3, 0.4) is 0 Å². The Balaban J connectivity index is 2.40. The molecule has 1 aromatic heterocycles. The Morgan fingerprint density at radius 2 is 1.60 bits per heavy atom. The molecule has 0 saturated carbocycles. The SMILES string of the molecule is Fc1ccc2[nH]c(C(F)(F)F)c(-c3ccccc3)c2c1. The first-order valence-electron chi connectivity index (χ1n) is 5.90. The summed E-state index contributed by atoms with van der Waals surface area (Å²) in [5.41, 5.74) is -0.217. The van der Waals surface area contributed by atoms with Crippen LogP contribution in [0.4, 0.5) is 17.6 Å². The summed E-state index contributed by atoms with van der Waals surface area (Å²) in [6, 6.07) is 11.7. The Hall–Kier alpha value is -2.30. The lowest BCUT2D eigenvalue weighted by molar-refractivity contribution is -0.140. The van der Waals surface area contributed by atoms with Gasteiger partial charge < -0.3 is 4.98 Å². The second-order valence-electron chi connectivity index (χ2n) is 4.43. The number of aromatic amines is 1. The highest BCUT2D eigenvalue weighted by atomic mass is 19.4. The Labute approximate surface area is 111 Å². The van der Waals surface area contributed by atoms with Crippen molar-refractivity contribution in [2.75, 3.05) is 0 Å². The van der Waals surface area contributed by atoms with Gasteiger partial charge >= 0.3 is 6.18 Å². The molecule has 0 aliphatic carbocycles. The maximum atomic E-state index is 13.3. The van der Waals surface area contributed by atoms with Gasteiger partial charge in [-0.25, -0.2) is 4.39 Å². The first kappa shape index (κ1) is 12.7. The van der Waals surface area contributed by atoms with Crippen LogP contribution in [0.15, 0.2) is 48.5 Å². The second kappa shape index (κ2) is 4.37. The Bertz CT molecular complexity index is 757. The first-order valence-corrected chi connectivity index (χ1v) is 5.90. The molecule has 1 nitrogen and oxygen atoms in total. The van der Waals surface area contributed by atoms with E-state index in [1.807, 2.05) is 0 Å². The number of rotatable bonds is 1. The van der Waals surface area contributed by atoms with Crippen LogP contribution in [0.25, 0.3) is 22.0 Å². The summed E-state index contributed by atoms with van der Waals surface area (Å²) < 4.78 is 52.8. The molecule has 1 heterocycles. The predicted octanol–water partition coefficient (Wildman–Crippen LogP) is 4.99. The van der Waals surface area contributed by atoms with Crippen molar-refractivity contribution in [2.24, 2.45) is 0 Å². The number of hydrogen-bond donors (Lipinski definition) is 1. The van der Waals surface area contributed by atoms with Gasteiger partial charge in [0, 0.05) is 16.5 Å². The molecule has 0 bridgehead atoms. The average molecular weight is 279 g/mol. The highest BCUT2D eigenvalue weighted by molar-refractivity contribution is 5.97. The number of hydrogen-bond acceptors (Lipinski definition) is 0. The fraction of sp³-hybridized carbons (Fsp3) is 0.0667. The lowest BCUT2D eigenvalue weighted by atomic mass is 10.0. The van der Waals surface area contributed by atoms with E-state index in [1.54, 1.807) is 30.3 Å². The molecule has 5 heteroatoms. The maximum Gasteiger partial charge on any atom is 0.431 e. The number of nitrogens with one attached hydrogen (secondary N) is 1. The van der Waals surface area contributed by atoms with Gasteiger partial charge in [-0.3, -0.25) is 0 Å². The number of H-pyrrole nitrogens is 1. The number of halogens is 4. The number of fused-ring (bicyclic) bond motifs is 1. The van der Waals surface area contributed by atoms with Gasteiger partial charge in [-0.1, -0.05) is 30.3 Å². The van der Waals surface area contributed by atoms with E-state index < -0.39 is 17.7 Å². The van der Waals surface area contributed by atoms with Crippen molar-refractivity contribution in [3.8, 4) is 11.1 Å². The van der Waals surface area contributed by atoms with Crippen LogP contribution >= 0.6 is 0 Å². The summed E-state index contributed by atoms with van der Waals surface area (Å²) in [5, 5.41) is 0.225. The largest absolute Gasteiger partial charge is 0.431 e. The van der Waals surface area contributed by atoms with E-state index in [4.69, 9.17) is 0 Å². The Morgan fingerprint density at radius 3 is 2.25 bits per heavy atom. The molecule has 2 aromatic carbocycles. The van der Waals surface area contributed by atoms with Crippen LogP contribution in [-0.4, -0.2) is 4.98 Å². The lowest BCUT2D eigenvalue weighted by Crippen LogP contribution is -2.07. The van der Waals surface area contributed by atoms with Gasteiger partial charge in [-0.15, -0.1) is 0 Å². The van der Waals surface area contributed by atoms with Crippen molar-refractivity contribution in [3.63, 3.8) is 0 Å². The molecular formula is C15H9F4N. The molecule has 0 atom stereocenters. The zero-order chi connectivity index (χ0) is 14.3. The highest BCUT2D eigenvalue weighted by Gasteiger charge is 2.36. The van der Waals surface area contributed by atoms with Crippen molar-refractivity contribution < 1.29 is 17.6 Å². The molecule has 102 valence electrons. The molecule has 3 aromatic rings. The normalized spacial score (nSPS) is 12.0. The van der Waals surface area contributed by atoms with E-state index in [-0.39, 0.29) is 16.5 Å². The van der Waals surface area contributed by atoms with E-state index in [0.29, 0.717) is 5.56 Å². The number of aromatic nitrogens is 1. The van der Waals surface area contributed by atoms with Gasteiger partial charge in [0.05, 0.1) is 0 Å². The third kappa shape index (κ3) is 2.05. The molecule has 0 amide bonds. The third-order valence-corrected chi connectivity index (χ3v) is 3.11. The summed E-state index contributed by atoms with van der Waals surface area (Å²) in [7, 11) is 0. The predicted molar refractivity (Wildman–Crippen MR) is 68.7 cm³/mol. The molecule has 3 rings (SSSR count). The van der Waals surface area contributed by atoms with E-state index in [2.05, 4.69) is 4.98 Å². The smallest absolute Gasteiger partial charge is 0.350 e. The van der Waals surface area contributed by atoms with Gasteiger partial charge in [0.2, 0.25) is 0 Å². The van der Waals surface area contributed by atoms with Gasteiger partial charge in [-0.2, -0.15) is 13.2 Å². The zero-order valence-corrected chi connectivity index (χ0v) is 10.1. The summed E-state index contributed by atoms with van der Waals surface area (Å²) in [6.07, 6.45) is -4.53. The zero-order valence-electron chi connectivity index (χ0n) is 10.1. The van der Waals surface area contributed by atoms with Crippen LogP contribution in [0.2, 0.25) is 0 Å². The second-order valence-corrected chi connectivity index (χ2v) is 4.43. The minimum Gasteiger partial charge on any atom is -0.350 e. The van der Waals surface area contributed by atoms with E-state index in [0.717, 1.165) is 12.1 Å². The molecule has 0 fully saturated rings. The van der Waals surface area contributed by atoms with Crippen LogP contribution < -0.4 is 0 Å². The molecule has 0 spiro atoms. The minimum atomic E-state index is -4.53. The topological polar surface area (TPSA) is 15.8 Å². The molecule has 0 radical (unpaired) electrons.